The van der Waals surface area contributed by atoms with E-state index in [1.165, 1.54) is 4.52 Å². The van der Waals surface area contributed by atoms with Gasteiger partial charge in [0.2, 0.25) is 0 Å². The SMILES string of the molecule is Cc1nc2c(-c3ccc(Cl)cc3)c(C)[nH]n2c(=O)c1C. The number of rotatable bonds is 1. The lowest BCUT2D eigenvalue weighted by molar-refractivity contribution is 0.859. The minimum absolute atomic E-state index is 0.0594. The molecule has 0 aliphatic heterocycles. The number of benzene rings is 1. The Hall–Kier alpha value is -2.07. The number of aromatic amines is 1. The van der Waals surface area contributed by atoms with Crippen LogP contribution in [0.5, 0.6) is 0 Å². The molecule has 0 saturated heterocycles. The highest BCUT2D eigenvalue weighted by atomic mass is 35.5. The molecule has 0 unspecified atom stereocenters. The summed E-state index contributed by atoms with van der Waals surface area (Å²) >= 11 is 5.92. The number of aromatic nitrogens is 3. The van der Waals surface area contributed by atoms with Gasteiger partial charge in [-0.2, -0.15) is 0 Å². The van der Waals surface area contributed by atoms with Gasteiger partial charge in [0, 0.05) is 27.5 Å². The summed E-state index contributed by atoms with van der Waals surface area (Å²) < 4.78 is 1.50. The van der Waals surface area contributed by atoms with Crippen molar-refractivity contribution in [3.05, 3.63) is 56.6 Å². The number of H-pyrrole nitrogens is 1. The van der Waals surface area contributed by atoms with Crippen molar-refractivity contribution in [2.45, 2.75) is 20.8 Å². The predicted octanol–water partition coefficient (Wildman–Crippen LogP) is 3.27. The fourth-order valence-corrected chi connectivity index (χ4v) is 2.46. The normalized spacial score (nSPS) is 11.2. The second-order valence-corrected chi connectivity index (χ2v) is 5.34. The maximum absolute atomic E-state index is 12.3. The van der Waals surface area contributed by atoms with Crippen LogP contribution in [0, 0.1) is 20.8 Å². The third kappa shape index (κ3) is 1.84. The fourth-order valence-electron chi connectivity index (χ4n) is 2.34. The summed E-state index contributed by atoms with van der Waals surface area (Å²) in [4.78, 5) is 16.8. The van der Waals surface area contributed by atoms with Gasteiger partial charge in [-0.25, -0.2) is 9.50 Å². The molecule has 3 rings (SSSR count). The van der Waals surface area contributed by atoms with E-state index in [2.05, 4.69) is 10.1 Å². The molecule has 2 heterocycles. The van der Waals surface area contributed by atoms with Crippen molar-refractivity contribution in [1.29, 1.82) is 0 Å². The van der Waals surface area contributed by atoms with Gasteiger partial charge in [0.25, 0.3) is 5.56 Å². The van der Waals surface area contributed by atoms with Crippen LogP contribution in [0.25, 0.3) is 16.8 Å². The maximum atomic E-state index is 12.3. The van der Waals surface area contributed by atoms with E-state index in [1.807, 2.05) is 38.1 Å². The summed E-state index contributed by atoms with van der Waals surface area (Å²) in [6.45, 7) is 5.57. The molecule has 0 saturated carbocycles. The average molecular weight is 288 g/mol. The van der Waals surface area contributed by atoms with Crippen LogP contribution in [-0.2, 0) is 0 Å². The Labute approximate surface area is 121 Å². The lowest BCUT2D eigenvalue weighted by Crippen LogP contribution is -2.19. The Kier molecular flexibility index (Phi) is 2.91. The van der Waals surface area contributed by atoms with Crippen LogP contribution in [0.15, 0.2) is 29.1 Å². The third-order valence-corrected chi connectivity index (χ3v) is 3.81. The Balaban J connectivity index is 2.39. The van der Waals surface area contributed by atoms with Gasteiger partial charge in [-0.15, -0.1) is 0 Å². The standard InChI is InChI=1S/C15H14ClN3O/c1-8-9(2)17-14-13(10(3)18-19(14)15(8)20)11-4-6-12(16)7-5-11/h4-7,18H,1-3H3. The van der Waals surface area contributed by atoms with Gasteiger partial charge in [0.05, 0.1) is 0 Å². The van der Waals surface area contributed by atoms with Crippen LogP contribution in [0.3, 0.4) is 0 Å². The number of hydrogen-bond donors (Lipinski definition) is 1. The molecule has 0 aliphatic carbocycles. The molecule has 0 amide bonds. The van der Waals surface area contributed by atoms with Crippen LogP contribution >= 0.6 is 11.6 Å². The number of aryl methyl sites for hydroxylation is 2. The zero-order chi connectivity index (χ0) is 14.4. The molecule has 0 aliphatic rings. The smallest absolute Gasteiger partial charge is 0.275 e. The highest BCUT2D eigenvalue weighted by Gasteiger charge is 2.15. The second-order valence-electron chi connectivity index (χ2n) is 4.91. The van der Waals surface area contributed by atoms with E-state index < -0.39 is 0 Å². The van der Waals surface area contributed by atoms with Crippen molar-refractivity contribution in [3.63, 3.8) is 0 Å². The predicted molar refractivity (Wildman–Crippen MR) is 80.5 cm³/mol. The van der Waals surface area contributed by atoms with Gasteiger partial charge in [0.15, 0.2) is 5.65 Å². The lowest BCUT2D eigenvalue weighted by atomic mass is 10.1. The molecule has 0 spiro atoms. The van der Waals surface area contributed by atoms with Gasteiger partial charge in [-0.05, 0) is 38.5 Å². The number of nitrogens with one attached hydrogen (secondary N) is 1. The largest absolute Gasteiger partial charge is 0.293 e. The highest BCUT2D eigenvalue weighted by molar-refractivity contribution is 6.30. The van der Waals surface area contributed by atoms with Crippen molar-refractivity contribution in [2.24, 2.45) is 0 Å². The van der Waals surface area contributed by atoms with E-state index in [1.54, 1.807) is 6.92 Å². The van der Waals surface area contributed by atoms with Crippen LogP contribution < -0.4 is 5.56 Å². The molecule has 20 heavy (non-hydrogen) atoms. The monoisotopic (exact) mass is 287 g/mol. The van der Waals surface area contributed by atoms with E-state index in [0.717, 1.165) is 22.5 Å². The zero-order valence-electron chi connectivity index (χ0n) is 11.5. The van der Waals surface area contributed by atoms with Crippen molar-refractivity contribution in [3.8, 4) is 11.1 Å². The van der Waals surface area contributed by atoms with E-state index in [4.69, 9.17) is 11.6 Å². The maximum Gasteiger partial charge on any atom is 0.275 e. The summed E-state index contributed by atoms with van der Waals surface area (Å²) in [5.74, 6) is 0. The molecule has 0 radical (unpaired) electrons. The first kappa shape index (κ1) is 12.9. The minimum Gasteiger partial charge on any atom is -0.293 e. The van der Waals surface area contributed by atoms with Crippen LogP contribution in [0.2, 0.25) is 5.02 Å². The molecule has 4 nitrogen and oxygen atoms in total. The summed E-state index contributed by atoms with van der Waals surface area (Å²) in [5.41, 5.74) is 4.83. The Morgan fingerprint density at radius 3 is 2.45 bits per heavy atom. The summed E-state index contributed by atoms with van der Waals surface area (Å²) in [7, 11) is 0. The molecule has 1 N–H and O–H groups in total. The molecule has 5 heteroatoms. The average Bonchev–Trinajstić information content (AvgIpc) is 2.74. The highest BCUT2D eigenvalue weighted by Crippen LogP contribution is 2.27. The van der Waals surface area contributed by atoms with Gasteiger partial charge < -0.3 is 0 Å². The molecule has 0 fully saturated rings. The Bertz CT molecular complexity index is 859. The van der Waals surface area contributed by atoms with Crippen molar-refractivity contribution in [2.75, 3.05) is 0 Å². The van der Waals surface area contributed by atoms with Gasteiger partial charge in [-0.1, -0.05) is 23.7 Å². The molecular formula is C15H14ClN3O. The first-order valence-electron chi connectivity index (χ1n) is 6.33. The first-order valence-corrected chi connectivity index (χ1v) is 6.71. The van der Waals surface area contributed by atoms with Crippen LogP contribution in [0.4, 0.5) is 0 Å². The number of fused-ring (bicyclic) bond motifs is 1. The minimum atomic E-state index is -0.0594. The molecule has 0 bridgehead atoms. The molecule has 3 aromatic rings. The Morgan fingerprint density at radius 1 is 1.15 bits per heavy atom. The van der Waals surface area contributed by atoms with Gasteiger partial charge >= 0.3 is 0 Å². The molecule has 2 aromatic heterocycles. The van der Waals surface area contributed by atoms with Crippen LogP contribution in [-0.4, -0.2) is 14.6 Å². The molecule has 1 aromatic carbocycles. The lowest BCUT2D eigenvalue weighted by Gasteiger charge is -2.03. The van der Waals surface area contributed by atoms with Gasteiger partial charge in [-0.3, -0.25) is 9.89 Å². The summed E-state index contributed by atoms with van der Waals surface area (Å²) in [6.07, 6.45) is 0. The fraction of sp³-hybridized carbons (Fsp3) is 0.200. The van der Waals surface area contributed by atoms with E-state index in [-0.39, 0.29) is 5.56 Å². The number of halogens is 1. The van der Waals surface area contributed by atoms with Crippen molar-refractivity contribution < 1.29 is 0 Å². The van der Waals surface area contributed by atoms with E-state index >= 15 is 0 Å². The van der Waals surface area contributed by atoms with E-state index in [9.17, 15) is 4.79 Å². The molecular weight excluding hydrogens is 274 g/mol. The summed E-state index contributed by atoms with van der Waals surface area (Å²) in [6, 6.07) is 7.53. The summed E-state index contributed by atoms with van der Waals surface area (Å²) in [5, 5.41) is 3.77. The van der Waals surface area contributed by atoms with Gasteiger partial charge in [0.1, 0.15) is 0 Å². The quantitative estimate of drug-likeness (QED) is 0.747. The number of nitrogens with zero attached hydrogens (tertiary/aromatic N) is 2. The second kappa shape index (κ2) is 4.49. The Morgan fingerprint density at radius 2 is 1.80 bits per heavy atom. The molecule has 0 atom stereocenters. The van der Waals surface area contributed by atoms with E-state index in [0.29, 0.717) is 16.2 Å². The third-order valence-electron chi connectivity index (χ3n) is 3.56. The topological polar surface area (TPSA) is 50.2 Å². The number of hydrogen-bond acceptors (Lipinski definition) is 2. The first-order chi connectivity index (χ1) is 9.49. The zero-order valence-corrected chi connectivity index (χ0v) is 12.2. The van der Waals surface area contributed by atoms with Crippen LogP contribution in [0.1, 0.15) is 17.0 Å². The molecule has 102 valence electrons. The van der Waals surface area contributed by atoms with Crippen molar-refractivity contribution in [1.82, 2.24) is 14.6 Å². The van der Waals surface area contributed by atoms with Crippen molar-refractivity contribution >= 4 is 17.2 Å².